The summed E-state index contributed by atoms with van der Waals surface area (Å²) in [6.07, 6.45) is 1.96. The van der Waals surface area contributed by atoms with Crippen LogP contribution in [-0.2, 0) is 9.59 Å². The molecule has 0 radical (unpaired) electrons. The Morgan fingerprint density at radius 1 is 1.06 bits per heavy atom. The second-order valence-corrected chi connectivity index (χ2v) is 7.77. The molecule has 1 aliphatic rings. The van der Waals surface area contributed by atoms with E-state index in [1.165, 1.54) is 29.5 Å². The molecule has 2 N–H and O–H groups in total. The average molecular weight is 462 g/mol. The minimum atomic E-state index is -0.649. The molecule has 0 spiro atoms. The third-order valence-electron chi connectivity index (χ3n) is 5.36. The number of carbonyl (C=O) groups excluding carboxylic acids is 3. The quantitative estimate of drug-likeness (QED) is 0.545. The number of furan rings is 1. The maximum atomic E-state index is 14.2. The third-order valence-corrected chi connectivity index (χ3v) is 5.36. The zero-order valence-electron chi connectivity index (χ0n) is 18.5. The summed E-state index contributed by atoms with van der Waals surface area (Å²) >= 11 is 0. The number of benzene rings is 2. The summed E-state index contributed by atoms with van der Waals surface area (Å²) in [7, 11) is 0. The summed E-state index contributed by atoms with van der Waals surface area (Å²) in [6.45, 7) is 2.10. The summed E-state index contributed by atoms with van der Waals surface area (Å²) in [4.78, 5) is 37.2. The normalized spacial score (nSPS) is 12.9. The highest BCUT2D eigenvalue weighted by molar-refractivity contribution is 6.05. The van der Waals surface area contributed by atoms with E-state index in [2.05, 4.69) is 15.7 Å². The average Bonchev–Trinajstić information content (AvgIpc) is 3.50. The lowest BCUT2D eigenvalue weighted by atomic mass is 10.1. The van der Waals surface area contributed by atoms with E-state index in [0.29, 0.717) is 24.4 Å². The standard InChI is InChI=1S/C25H23FN4O4/c1-16-19(12-14-34-16)25(33)28-22-15-18(7-8-20(22)26)27-23(31)9-10-24(32)30-13-11-21(29-30)17-5-3-2-4-6-17/h2-8,12,14-15H,9-11,13H2,1H3,(H,27,31)(H,28,33). The minimum Gasteiger partial charge on any atom is -0.469 e. The molecular formula is C25H23FN4O4. The highest BCUT2D eigenvalue weighted by Crippen LogP contribution is 2.22. The number of carbonyl (C=O) groups is 3. The first-order valence-corrected chi connectivity index (χ1v) is 10.8. The van der Waals surface area contributed by atoms with Crippen LogP contribution in [0.1, 0.15) is 40.9 Å². The van der Waals surface area contributed by atoms with Gasteiger partial charge in [0.15, 0.2) is 0 Å². The van der Waals surface area contributed by atoms with Crippen LogP contribution in [-0.4, -0.2) is 35.0 Å². The summed E-state index contributed by atoms with van der Waals surface area (Å²) in [5, 5.41) is 10.9. The SMILES string of the molecule is Cc1occc1C(=O)Nc1cc(NC(=O)CCC(=O)N2CCC(c3ccccc3)=N2)ccc1F. The second kappa shape index (κ2) is 10.1. The van der Waals surface area contributed by atoms with Gasteiger partial charge in [-0.3, -0.25) is 14.4 Å². The number of hydrogen-bond donors (Lipinski definition) is 2. The van der Waals surface area contributed by atoms with Crippen molar-refractivity contribution in [1.29, 1.82) is 0 Å². The van der Waals surface area contributed by atoms with Crippen LogP contribution in [0.3, 0.4) is 0 Å². The van der Waals surface area contributed by atoms with Gasteiger partial charge in [-0.2, -0.15) is 5.10 Å². The van der Waals surface area contributed by atoms with Gasteiger partial charge in [0.1, 0.15) is 11.6 Å². The molecule has 0 atom stereocenters. The molecule has 0 fully saturated rings. The second-order valence-electron chi connectivity index (χ2n) is 7.77. The predicted octanol–water partition coefficient (Wildman–Crippen LogP) is 4.33. The molecule has 174 valence electrons. The van der Waals surface area contributed by atoms with E-state index in [4.69, 9.17) is 4.42 Å². The van der Waals surface area contributed by atoms with Crippen LogP contribution < -0.4 is 10.6 Å². The molecule has 0 bridgehead atoms. The van der Waals surface area contributed by atoms with Crippen LogP contribution in [0.25, 0.3) is 0 Å². The Balaban J connectivity index is 1.31. The van der Waals surface area contributed by atoms with E-state index >= 15 is 0 Å². The molecule has 0 saturated heterocycles. The Kier molecular flexibility index (Phi) is 6.82. The van der Waals surface area contributed by atoms with Gasteiger partial charge in [0, 0.05) is 24.9 Å². The van der Waals surface area contributed by atoms with Gasteiger partial charge in [-0.25, -0.2) is 9.40 Å². The number of aryl methyl sites for hydroxylation is 1. The molecule has 0 saturated carbocycles. The molecule has 0 unspecified atom stereocenters. The molecule has 3 amide bonds. The number of hydrazone groups is 1. The predicted molar refractivity (Wildman–Crippen MR) is 125 cm³/mol. The molecular weight excluding hydrogens is 439 g/mol. The molecule has 2 aromatic carbocycles. The monoisotopic (exact) mass is 462 g/mol. The highest BCUT2D eigenvalue weighted by Gasteiger charge is 2.22. The molecule has 4 rings (SSSR count). The Morgan fingerprint density at radius 2 is 1.85 bits per heavy atom. The number of rotatable bonds is 7. The minimum absolute atomic E-state index is 0.0119. The number of nitrogens with zero attached hydrogens (tertiary/aromatic N) is 2. The lowest BCUT2D eigenvalue weighted by molar-refractivity contribution is -0.132. The molecule has 2 heterocycles. The van der Waals surface area contributed by atoms with Crippen LogP contribution in [0, 0.1) is 12.7 Å². The van der Waals surface area contributed by atoms with E-state index < -0.39 is 17.6 Å². The van der Waals surface area contributed by atoms with Crippen LogP contribution in [0.4, 0.5) is 15.8 Å². The van der Waals surface area contributed by atoms with Crippen molar-refractivity contribution in [3.8, 4) is 0 Å². The van der Waals surface area contributed by atoms with Gasteiger partial charge < -0.3 is 15.1 Å². The number of halogens is 1. The summed E-state index contributed by atoms with van der Waals surface area (Å²) in [6, 6.07) is 14.9. The van der Waals surface area contributed by atoms with Crippen molar-refractivity contribution in [2.45, 2.75) is 26.2 Å². The van der Waals surface area contributed by atoms with Gasteiger partial charge in [-0.05, 0) is 36.8 Å². The fourth-order valence-corrected chi connectivity index (χ4v) is 3.55. The largest absolute Gasteiger partial charge is 0.469 e. The third kappa shape index (κ3) is 5.37. The zero-order valence-corrected chi connectivity index (χ0v) is 18.5. The van der Waals surface area contributed by atoms with Crippen molar-refractivity contribution in [3.63, 3.8) is 0 Å². The van der Waals surface area contributed by atoms with Gasteiger partial charge in [0.05, 0.1) is 29.8 Å². The molecule has 0 aliphatic carbocycles. The molecule has 3 aromatic rings. The topological polar surface area (TPSA) is 104 Å². The molecule has 8 nitrogen and oxygen atoms in total. The molecule has 1 aromatic heterocycles. The Bertz CT molecular complexity index is 1250. The number of amides is 3. The van der Waals surface area contributed by atoms with Gasteiger partial charge in [0.25, 0.3) is 5.91 Å². The van der Waals surface area contributed by atoms with Gasteiger partial charge >= 0.3 is 0 Å². The van der Waals surface area contributed by atoms with E-state index in [-0.39, 0.29) is 30.0 Å². The van der Waals surface area contributed by atoms with E-state index in [1.54, 1.807) is 6.92 Å². The van der Waals surface area contributed by atoms with Crippen LogP contribution >= 0.6 is 0 Å². The van der Waals surface area contributed by atoms with Crippen LogP contribution in [0.15, 0.2) is 70.4 Å². The Morgan fingerprint density at radius 3 is 2.59 bits per heavy atom. The van der Waals surface area contributed by atoms with Crippen molar-refractivity contribution in [2.75, 3.05) is 17.2 Å². The maximum Gasteiger partial charge on any atom is 0.259 e. The Hall–Kier alpha value is -4.27. The van der Waals surface area contributed by atoms with E-state index in [0.717, 1.165) is 17.3 Å². The number of anilines is 2. The fourth-order valence-electron chi connectivity index (χ4n) is 3.55. The van der Waals surface area contributed by atoms with Gasteiger partial charge in [-0.1, -0.05) is 30.3 Å². The zero-order chi connectivity index (χ0) is 24.1. The maximum absolute atomic E-state index is 14.2. The smallest absolute Gasteiger partial charge is 0.259 e. The number of hydrogen-bond acceptors (Lipinski definition) is 5. The van der Waals surface area contributed by atoms with Crippen LogP contribution in [0.5, 0.6) is 0 Å². The molecule has 34 heavy (non-hydrogen) atoms. The lowest BCUT2D eigenvalue weighted by Gasteiger charge is -2.12. The fraction of sp³-hybridized carbons (Fsp3) is 0.200. The van der Waals surface area contributed by atoms with E-state index in [9.17, 15) is 18.8 Å². The van der Waals surface area contributed by atoms with Crippen LogP contribution in [0.2, 0.25) is 0 Å². The van der Waals surface area contributed by atoms with Crippen molar-refractivity contribution in [2.24, 2.45) is 5.10 Å². The molecule has 9 heteroatoms. The highest BCUT2D eigenvalue weighted by atomic mass is 19.1. The first kappa shape index (κ1) is 22.9. The van der Waals surface area contributed by atoms with Crippen molar-refractivity contribution >= 4 is 34.8 Å². The van der Waals surface area contributed by atoms with Gasteiger partial charge in [0.2, 0.25) is 11.8 Å². The van der Waals surface area contributed by atoms with Crippen molar-refractivity contribution in [3.05, 3.63) is 83.6 Å². The first-order valence-electron chi connectivity index (χ1n) is 10.8. The molecule has 1 aliphatic heterocycles. The summed E-state index contributed by atoms with van der Waals surface area (Å²) in [5.41, 5.74) is 2.30. The van der Waals surface area contributed by atoms with E-state index in [1.807, 2.05) is 30.3 Å². The van der Waals surface area contributed by atoms with Gasteiger partial charge in [-0.15, -0.1) is 0 Å². The lowest BCUT2D eigenvalue weighted by Crippen LogP contribution is -2.25. The summed E-state index contributed by atoms with van der Waals surface area (Å²) in [5.74, 6) is -1.42. The Labute approximate surface area is 195 Å². The first-order chi connectivity index (χ1) is 16.4. The number of nitrogens with one attached hydrogen (secondary N) is 2. The van der Waals surface area contributed by atoms with Crippen molar-refractivity contribution in [1.82, 2.24) is 5.01 Å². The van der Waals surface area contributed by atoms with Crippen molar-refractivity contribution < 1.29 is 23.2 Å². The summed E-state index contributed by atoms with van der Waals surface area (Å²) < 4.78 is 19.3.